The summed E-state index contributed by atoms with van der Waals surface area (Å²) in [5.41, 5.74) is 4.20. The highest BCUT2D eigenvalue weighted by Crippen LogP contribution is 2.34. The minimum atomic E-state index is -0.313. The fourth-order valence-corrected chi connectivity index (χ4v) is 4.05. The second-order valence-corrected chi connectivity index (χ2v) is 7.42. The van der Waals surface area contributed by atoms with Gasteiger partial charge in [0.05, 0.1) is 19.3 Å². The Balaban J connectivity index is 1.67. The third-order valence-corrected chi connectivity index (χ3v) is 5.59. The molecular formula is C24H25FN2O2. The molecule has 1 atom stereocenters. The third-order valence-electron chi connectivity index (χ3n) is 5.59. The Bertz CT molecular complexity index is 939. The number of benzene rings is 2. The second kappa shape index (κ2) is 8.72. The standard InChI is InChI=1S/C24H25FN2O2/c1-29-23-16-20(25)6-7-22(23)17-2-4-18(5-3-17)24(19-8-12-26-13-9-19)27-14-10-21(28)11-15-27/h2-9,12-13,16,21,24,28H,10-11,14-15H2,1H3. The summed E-state index contributed by atoms with van der Waals surface area (Å²) in [6.07, 6.45) is 4.99. The number of ether oxygens (including phenoxy) is 1. The number of aliphatic hydroxyl groups excluding tert-OH is 1. The van der Waals surface area contributed by atoms with Crippen LogP contribution in [-0.4, -0.2) is 41.3 Å². The molecule has 1 N–H and O–H groups in total. The molecule has 4 rings (SSSR count). The number of hydrogen-bond donors (Lipinski definition) is 1. The third kappa shape index (κ3) is 4.31. The van der Waals surface area contributed by atoms with E-state index >= 15 is 0 Å². The van der Waals surface area contributed by atoms with Gasteiger partial charge in [-0.15, -0.1) is 0 Å². The number of rotatable bonds is 5. The first-order valence-corrected chi connectivity index (χ1v) is 9.91. The van der Waals surface area contributed by atoms with Crippen molar-refractivity contribution in [3.8, 4) is 16.9 Å². The highest BCUT2D eigenvalue weighted by Gasteiger charge is 2.26. The largest absolute Gasteiger partial charge is 0.496 e. The van der Waals surface area contributed by atoms with Gasteiger partial charge < -0.3 is 9.84 Å². The first-order chi connectivity index (χ1) is 14.2. The van der Waals surface area contributed by atoms with Crippen LogP contribution in [0.15, 0.2) is 67.0 Å². The smallest absolute Gasteiger partial charge is 0.129 e. The molecule has 1 fully saturated rings. The zero-order valence-corrected chi connectivity index (χ0v) is 16.5. The van der Waals surface area contributed by atoms with Crippen molar-refractivity contribution in [2.24, 2.45) is 0 Å². The maximum Gasteiger partial charge on any atom is 0.129 e. The Morgan fingerprint density at radius 3 is 2.31 bits per heavy atom. The van der Waals surface area contributed by atoms with Gasteiger partial charge in [0.1, 0.15) is 11.6 Å². The molecular weight excluding hydrogens is 367 g/mol. The molecule has 2 heterocycles. The number of likely N-dealkylation sites (tertiary alicyclic amines) is 1. The van der Waals surface area contributed by atoms with Crippen LogP contribution >= 0.6 is 0 Å². The van der Waals surface area contributed by atoms with Crippen molar-refractivity contribution in [1.82, 2.24) is 9.88 Å². The highest BCUT2D eigenvalue weighted by molar-refractivity contribution is 5.70. The van der Waals surface area contributed by atoms with Crippen molar-refractivity contribution in [3.63, 3.8) is 0 Å². The SMILES string of the molecule is COc1cc(F)ccc1-c1ccc(C(c2ccncc2)N2CCC(O)CC2)cc1. The average Bonchev–Trinajstić information content (AvgIpc) is 2.76. The molecule has 0 amide bonds. The molecule has 29 heavy (non-hydrogen) atoms. The van der Waals surface area contributed by atoms with E-state index in [2.05, 4.69) is 34.1 Å². The van der Waals surface area contributed by atoms with E-state index in [0.717, 1.165) is 37.1 Å². The molecule has 1 aliphatic rings. The molecule has 1 aliphatic heterocycles. The molecule has 1 unspecified atom stereocenters. The Kier molecular flexibility index (Phi) is 5.88. The predicted molar refractivity (Wildman–Crippen MR) is 111 cm³/mol. The van der Waals surface area contributed by atoms with Crippen LogP contribution in [0.4, 0.5) is 4.39 Å². The van der Waals surface area contributed by atoms with E-state index in [4.69, 9.17) is 4.74 Å². The summed E-state index contributed by atoms with van der Waals surface area (Å²) in [5, 5.41) is 9.91. The van der Waals surface area contributed by atoms with Crippen molar-refractivity contribution in [2.45, 2.75) is 25.0 Å². The van der Waals surface area contributed by atoms with E-state index in [1.807, 2.05) is 24.5 Å². The van der Waals surface area contributed by atoms with E-state index in [1.165, 1.54) is 23.3 Å². The average molecular weight is 392 g/mol. The van der Waals surface area contributed by atoms with E-state index in [1.54, 1.807) is 13.2 Å². The van der Waals surface area contributed by atoms with E-state index in [-0.39, 0.29) is 18.0 Å². The van der Waals surface area contributed by atoms with E-state index < -0.39 is 0 Å². The summed E-state index contributed by atoms with van der Waals surface area (Å²) >= 11 is 0. The van der Waals surface area contributed by atoms with Crippen LogP contribution in [0.5, 0.6) is 5.75 Å². The maximum atomic E-state index is 13.5. The number of hydrogen-bond acceptors (Lipinski definition) is 4. The van der Waals surface area contributed by atoms with Gasteiger partial charge in [0.25, 0.3) is 0 Å². The zero-order valence-electron chi connectivity index (χ0n) is 16.5. The lowest BCUT2D eigenvalue weighted by molar-refractivity contribution is 0.0688. The summed E-state index contributed by atoms with van der Waals surface area (Å²) in [7, 11) is 1.55. The van der Waals surface area contributed by atoms with Crippen LogP contribution < -0.4 is 4.74 Å². The number of piperidine rings is 1. The summed E-state index contributed by atoms with van der Waals surface area (Å²) < 4.78 is 18.9. The number of pyridine rings is 1. The van der Waals surface area contributed by atoms with Crippen molar-refractivity contribution in [2.75, 3.05) is 20.2 Å². The Morgan fingerprint density at radius 2 is 1.66 bits per heavy atom. The van der Waals surface area contributed by atoms with Gasteiger partial charge in [-0.25, -0.2) is 4.39 Å². The molecule has 0 bridgehead atoms. The minimum absolute atomic E-state index is 0.106. The molecule has 0 spiro atoms. The fraction of sp³-hybridized carbons (Fsp3) is 0.292. The van der Waals surface area contributed by atoms with Gasteiger partial charge in [0.2, 0.25) is 0 Å². The van der Waals surface area contributed by atoms with Crippen LogP contribution in [-0.2, 0) is 0 Å². The Labute approximate surface area is 170 Å². The quantitative estimate of drug-likeness (QED) is 0.697. The highest BCUT2D eigenvalue weighted by atomic mass is 19.1. The summed E-state index contributed by atoms with van der Waals surface area (Å²) in [4.78, 5) is 6.57. The summed E-state index contributed by atoms with van der Waals surface area (Å²) in [5.74, 6) is 0.209. The van der Waals surface area contributed by atoms with Crippen LogP contribution in [0.2, 0.25) is 0 Å². The van der Waals surface area contributed by atoms with Crippen molar-refractivity contribution >= 4 is 0 Å². The van der Waals surface area contributed by atoms with Crippen molar-refractivity contribution in [1.29, 1.82) is 0 Å². The topological polar surface area (TPSA) is 45.6 Å². The second-order valence-electron chi connectivity index (χ2n) is 7.42. The molecule has 0 radical (unpaired) electrons. The van der Waals surface area contributed by atoms with Crippen molar-refractivity contribution < 1.29 is 14.2 Å². The molecule has 5 heteroatoms. The van der Waals surface area contributed by atoms with Gasteiger partial charge >= 0.3 is 0 Å². The first-order valence-electron chi connectivity index (χ1n) is 9.91. The monoisotopic (exact) mass is 392 g/mol. The number of aromatic nitrogens is 1. The molecule has 4 nitrogen and oxygen atoms in total. The van der Waals surface area contributed by atoms with E-state index in [9.17, 15) is 9.50 Å². The number of halogens is 1. The molecule has 3 aromatic rings. The number of nitrogens with zero attached hydrogens (tertiary/aromatic N) is 2. The molecule has 1 aromatic heterocycles. The Hall–Kier alpha value is -2.76. The first kappa shape index (κ1) is 19.6. The predicted octanol–water partition coefficient (Wildman–Crippen LogP) is 4.44. The van der Waals surface area contributed by atoms with Crippen LogP contribution in [0.1, 0.15) is 30.0 Å². The molecule has 2 aromatic carbocycles. The molecule has 0 saturated carbocycles. The normalized spacial score (nSPS) is 16.5. The van der Waals surface area contributed by atoms with Crippen molar-refractivity contribution in [3.05, 3.63) is 83.9 Å². The van der Waals surface area contributed by atoms with Gasteiger partial charge in [-0.05, 0) is 53.8 Å². The van der Waals surface area contributed by atoms with Gasteiger partial charge in [-0.2, -0.15) is 0 Å². The molecule has 150 valence electrons. The van der Waals surface area contributed by atoms with Crippen LogP contribution in [0.3, 0.4) is 0 Å². The maximum absolute atomic E-state index is 13.5. The zero-order chi connectivity index (χ0) is 20.2. The lowest BCUT2D eigenvalue weighted by atomic mass is 9.93. The lowest BCUT2D eigenvalue weighted by Gasteiger charge is -2.36. The minimum Gasteiger partial charge on any atom is -0.496 e. The van der Waals surface area contributed by atoms with Crippen LogP contribution in [0.25, 0.3) is 11.1 Å². The van der Waals surface area contributed by atoms with E-state index in [0.29, 0.717) is 5.75 Å². The molecule has 0 aliphatic carbocycles. The molecule has 1 saturated heterocycles. The van der Waals surface area contributed by atoms with Gasteiger partial charge in [0, 0.05) is 37.1 Å². The summed E-state index contributed by atoms with van der Waals surface area (Å²) in [6, 6.07) is 17.1. The van der Waals surface area contributed by atoms with Gasteiger partial charge in [-0.1, -0.05) is 24.3 Å². The summed E-state index contributed by atoms with van der Waals surface area (Å²) in [6.45, 7) is 1.70. The van der Waals surface area contributed by atoms with Gasteiger partial charge in [0.15, 0.2) is 0 Å². The fourth-order valence-electron chi connectivity index (χ4n) is 4.05. The number of aliphatic hydroxyl groups is 1. The van der Waals surface area contributed by atoms with Crippen LogP contribution in [0, 0.1) is 5.82 Å². The van der Waals surface area contributed by atoms with Gasteiger partial charge in [-0.3, -0.25) is 9.88 Å². The number of methoxy groups -OCH3 is 1. The lowest BCUT2D eigenvalue weighted by Crippen LogP contribution is -2.39. The Morgan fingerprint density at radius 1 is 1.00 bits per heavy atom.